The topological polar surface area (TPSA) is 104 Å². The van der Waals surface area contributed by atoms with Crippen LogP contribution in [0.2, 0.25) is 0 Å². The second kappa shape index (κ2) is 8.64. The Labute approximate surface area is 190 Å². The number of carbonyl (C=O) groups is 1. The van der Waals surface area contributed by atoms with Crippen molar-refractivity contribution in [3.05, 3.63) is 93.3 Å². The molecule has 0 saturated carbocycles. The molecule has 0 N–H and O–H groups in total. The molecule has 4 rings (SSSR count). The van der Waals surface area contributed by atoms with Crippen molar-refractivity contribution in [3.63, 3.8) is 0 Å². The fourth-order valence-corrected chi connectivity index (χ4v) is 5.35. The largest absolute Gasteiger partial charge is 0.459 e. The van der Waals surface area contributed by atoms with E-state index in [1.54, 1.807) is 39.0 Å². The number of allylic oxidation sites excluding steroid dienone is 1. The Kier molecular flexibility index (Phi) is 5.90. The van der Waals surface area contributed by atoms with E-state index in [1.807, 2.05) is 17.5 Å². The summed E-state index contributed by atoms with van der Waals surface area (Å²) in [6.07, 6.45) is 1.17. The quantitative estimate of drug-likeness (QED) is 0.324. The van der Waals surface area contributed by atoms with E-state index in [2.05, 4.69) is 4.99 Å². The molecule has 164 valence electrons. The first-order chi connectivity index (χ1) is 15.3. The summed E-state index contributed by atoms with van der Waals surface area (Å²) in [7, 11) is 0. The molecule has 0 aliphatic carbocycles. The van der Waals surface area contributed by atoms with Crippen LogP contribution in [0.4, 0.5) is 5.69 Å². The number of carbonyl (C=O) groups excluding carboxylic acids is 1. The molecule has 3 aromatic rings. The van der Waals surface area contributed by atoms with E-state index in [0.29, 0.717) is 26.2 Å². The zero-order valence-corrected chi connectivity index (χ0v) is 19.1. The van der Waals surface area contributed by atoms with E-state index in [4.69, 9.17) is 4.74 Å². The molecular formula is C22H19N3O5S2. The second-order valence-electron chi connectivity index (χ2n) is 7.37. The predicted octanol–water partition coefficient (Wildman–Crippen LogP) is 3.16. The lowest BCUT2D eigenvalue weighted by Gasteiger charge is -2.24. The normalized spacial score (nSPS) is 16.1. The van der Waals surface area contributed by atoms with Crippen LogP contribution in [-0.2, 0) is 9.53 Å². The minimum atomic E-state index is -0.676. The van der Waals surface area contributed by atoms with E-state index in [0.717, 1.165) is 16.2 Å². The van der Waals surface area contributed by atoms with E-state index in [1.165, 1.54) is 28.0 Å². The van der Waals surface area contributed by atoms with Crippen LogP contribution in [0.3, 0.4) is 0 Å². The van der Waals surface area contributed by atoms with Gasteiger partial charge in [0.25, 0.3) is 11.2 Å². The molecule has 0 fully saturated rings. The smallest absolute Gasteiger partial charge is 0.338 e. The number of aromatic nitrogens is 1. The van der Waals surface area contributed by atoms with Crippen LogP contribution < -0.4 is 14.9 Å². The van der Waals surface area contributed by atoms with Crippen LogP contribution in [-0.4, -0.2) is 21.6 Å². The Balaban J connectivity index is 1.94. The molecule has 0 amide bonds. The lowest BCUT2D eigenvalue weighted by molar-refractivity contribution is -0.385. The summed E-state index contributed by atoms with van der Waals surface area (Å²) < 4.78 is 7.21. The molecular weight excluding hydrogens is 450 g/mol. The number of rotatable bonds is 5. The van der Waals surface area contributed by atoms with Gasteiger partial charge in [-0.2, -0.15) is 0 Å². The molecule has 0 saturated heterocycles. The maximum absolute atomic E-state index is 13.4. The highest BCUT2D eigenvalue weighted by Crippen LogP contribution is 2.33. The fourth-order valence-electron chi connectivity index (χ4n) is 3.49. The van der Waals surface area contributed by atoms with Gasteiger partial charge in [-0.25, -0.2) is 9.79 Å². The van der Waals surface area contributed by atoms with Crippen molar-refractivity contribution in [2.24, 2.45) is 4.99 Å². The van der Waals surface area contributed by atoms with Crippen molar-refractivity contribution < 1.29 is 14.5 Å². The molecule has 2 aromatic heterocycles. The highest BCUT2D eigenvalue weighted by Gasteiger charge is 2.34. The molecule has 0 bridgehead atoms. The van der Waals surface area contributed by atoms with Crippen molar-refractivity contribution in [2.45, 2.75) is 32.9 Å². The van der Waals surface area contributed by atoms with E-state index >= 15 is 0 Å². The molecule has 3 heterocycles. The van der Waals surface area contributed by atoms with Gasteiger partial charge in [-0.05, 0) is 44.4 Å². The Bertz CT molecular complexity index is 1410. The van der Waals surface area contributed by atoms with E-state index < -0.39 is 16.9 Å². The first-order valence-electron chi connectivity index (χ1n) is 9.78. The number of nitrogens with zero attached hydrogens (tertiary/aromatic N) is 3. The fraction of sp³-hybridized carbons (Fsp3) is 0.227. The first kappa shape index (κ1) is 21.8. The van der Waals surface area contributed by atoms with Gasteiger partial charge >= 0.3 is 5.97 Å². The van der Waals surface area contributed by atoms with Crippen LogP contribution in [0.1, 0.15) is 37.3 Å². The van der Waals surface area contributed by atoms with Crippen molar-refractivity contribution in [2.75, 3.05) is 0 Å². The third-order valence-electron chi connectivity index (χ3n) is 4.82. The van der Waals surface area contributed by atoms with Gasteiger partial charge in [0.1, 0.15) is 6.04 Å². The Morgan fingerprint density at radius 1 is 1.28 bits per heavy atom. The summed E-state index contributed by atoms with van der Waals surface area (Å²) in [5.41, 5.74) is 0.655. The number of thiazole rings is 1. The summed E-state index contributed by atoms with van der Waals surface area (Å²) in [4.78, 5) is 43.0. The second-order valence-corrected chi connectivity index (χ2v) is 9.36. The molecule has 1 atom stereocenters. The zero-order valence-electron chi connectivity index (χ0n) is 17.5. The zero-order chi connectivity index (χ0) is 23.0. The maximum atomic E-state index is 13.4. The predicted molar refractivity (Wildman–Crippen MR) is 122 cm³/mol. The summed E-state index contributed by atoms with van der Waals surface area (Å²) >= 11 is 2.56. The molecule has 8 nitrogen and oxygen atoms in total. The third kappa shape index (κ3) is 3.94. The lowest BCUT2D eigenvalue weighted by atomic mass is 10.0. The summed E-state index contributed by atoms with van der Waals surface area (Å²) in [6, 6.07) is 9.26. The van der Waals surface area contributed by atoms with Gasteiger partial charge in [-0.1, -0.05) is 29.5 Å². The third-order valence-corrected chi connectivity index (χ3v) is 6.72. The van der Waals surface area contributed by atoms with Gasteiger partial charge in [0, 0.05) is 10.9 Å². The molecule has 10 heteroatoms. The number of hydrogen-bond donors (Lipinski definition) is 0. The minimum Gasteiger partial charge on any atom is -0.459 e. The van der Waals surface area contributed by atoms with Gasteiger partial charge in [-0.3, -0.25) is 19.5 Å². The Morgan fingerprint density at radius 3 is 2.69 bits per heavy atom. The number of ether oxygens (including phenoxy) is 1. The average molecular weight is 470 g/mol. The van der Waals surface area contributed by atoms with Crippen molar-refractivity contribution in [1.82, 2.24) is 4.57 Å². The van der Waals surface area contributed by atoms with Crippen LogP contribution in [0.15, 0.2) is 62.8 Å². The molecule has 1 unspecified atom stereocenters. The SMILES string of the molecule is CC1=C(C(=O)OC(C)C)C(c2cccs2)n2c(s/c(=C\c3ccccc3[N+](=O)[O-])c2=O)=N1. The number of fused-ring (bicyclic) bond motifs is 1. The highest BCUT2D eigenvalue weighted by atomic mass is 32.1. The van der Waals surface area contributed by atoms with Gasteiger partial charge < -0.3 is 4.74 Å². The van der Waals surface area contributed by atoms with Gasteiger partial charge in [0.15, 0.2) is 4.80 Å². The minimum absolute atomic E-state index is 0.0921. The first-order valence-corrected chi connectivity index (χ1v) is 11.5. The highest BCUT2D eigenvalue weighted by molar-refractivity contribution is 7.10. The monoisotopic (exact) mass is 469 g/mol. The van der Waals surface area contributed by atoms with Gasteiger partial charge in [0.05, 0.1) is 32.4 Å². The molecule has 1 aromatic carbocycles. The number of benzene rings is 1. The van der Waals surface area contributed by atoms with Crippen molar-refractivity contribution >= 4 is 40.4 Å². The number of thiophene rings is 1. The average Bonchev–Trinajstić information content (AvgIpc) is 3.35. The van der Waals surface area contributed by atoms with Crippen LogP contribution >= 0.6 is 22.7 Å². The van der Waals surface area contributed by atoms with Gasteiger partial charge in [0.2, 0.25) is 0 Å². The van der Waals surface area contributed by atoms with Crippen molar-refractivity contribution in [1.29, 1.82) is 0 Å². The number of hydrogen-bond acceptors (Lipinski definition) is 8. The van der Waals surface area contributed by atoms with Crippen LogP contribution in [0.25, 0.3) is 6.08 Å². The van der Waals surface area contributed by atoms with Gasteiger partial charge in [-0.15, -0.1) is 11.3 Å². The Morgan fingerprint density at radius 2 is 2.03 bits per heavy atom. The summed E-state index contributed by atoms with van der Waals surface area (Å²) in [6.45, 7) is 5.24. The molecule has 1 aliphatic rings. The number of esters is 1. The standard InChI is InChI=1S/C22H19N3O5S2/c1-12(2)30-21(27)18-13(3)23-22-24(19(18)16-9-6-10-31-16)20(26)17(32-22)11-14-7-4-5-8-15(14)25(28)29/h4-12,19H,1-3H3/b17-11-. The van der Waals surface area contributed by atoms with Crippen molar-refractivity contribution in [3.8, 4) is 0 Å². The molecule has 0 radical (unpaired) electrons. The van der Waals surface area contributed by atoms with E-state index in [-0.39, 0.29) is 17.4 Å². The van der Waals surface area contributed by atoms with Crippen LogP contribution in [0.5, 0.6) is 0 Å². The Hall–Kier alpha value is -3.37. The number of nitro benzene ring substituents is 1. The van der Waals surface area contributed by atoms with E-state index in [9.17, 15) is 19.7 Å². The summed E-state index contributed by atoms with van der Waals surface area (Å²) in [5.74, 6) is -0.521. The number of nitro groups is 1. The van der Waals surface area contributed by atoms with Crippen LogP contribution in [0, 0.1) is 10.1 Å². The molecule has 1 aliphatic heterocycles. The summed E-state index contributed by atoms with van der Waals surface area (Å²) in [5, 5.41) is 13.3. The lowest BCUT2D eigenvalue weighted by Crippen LogP contribution is -2.39. The number of para-hydroxylation sites is 1. The molecule has 0 spiro atoms. The molecule has 32 heavy (non-hydrogen) atoms. The maximum Gasteiger partial charge on any atom is 0.338 e.